The summed E-state index contributed by atoms with van der Waals surface area (Å²) in [5.74, 6) is -0.312. The van der Waals surface area contributed by atoms with Crippen molar-refractivity contribution in [2.75, 3.05) is 17.8 Å². The van der Waals surface area contributed by atoms with Gasteiger partial charge in [0.05, 0.1) is 21.1 Å². The molecule has 2 aromatic carbocycles. The molecule has 148 valence electrons. The van der Waals surface area contributed by atoms with Crippen LogP contribution in [-0.2, 0) is 10.0 Å². The zero-order valence-electron chi connectivity index (χ0n) is 15.0. The smallest absolute Gasteiger partial charge is 0.273 e. The van der Waals surface area contributed by atoms with Gasteiger partial charge in [-0.15, -0.1) is 0 Å². The molecule has 8 nitrogen and oxygen atoms in total. The van der Waals surface area contributed by atoms with Crippen molar-refractivity contribution in [2.24, 2.45) is 0 Å². The molecule has 0 spiro atoms. The van der Waals surface area contributed by atoms with Crippen molar-refractivity contribution in [3.8, 4) is 0 Å². The second kappa shape index (κ2) is 7.76. The molecule has 1 heterocycles. The summed E-state index contributed by atoms with van der Waals surface area (Å²) in [5.41, 5.74) is 0.261. The van der Waals surface area contributed by atoms with Gasteiger partial charge in [0.2, 0.25) is 0 Å². The lowest BCUT2D eigenvalue weighted by atomic mass is 10.1. The molecule has 0 aliphatic carbocycles. The van der Waals surface area contributed by atoms with Crippen LogP contribution in [0, 0.1) is 17.0 Å². The van der Waals surface area contributed by atoms with E-state index >= 15 is 0 Å². The van der Waals surface area contributed by atoms with E-state index in [0.717, 1.165) is 18.9 Å². The predicted octanol–water partition coefficient (Wildman–Crippen LogP) is 3.59. The number of carbonyl (C=O) groups excluding carboxylic acids is 1. The number of amides is 1. The highest BCUT2D eigenvalue weighted by Crippen LogP contribution is 2.28. The molecule has 1 aliphatic heterocycles. The molecule has 0 bridgehead atoms. The average molecular weight is 424 g/mol. The number of anilines is 1. The van der Waals surface area contributed by atoms with Crippen LogP contribution < -0.4 is 4.72 Å². The molecule has 0 saturated carbocycles. The highest BCUT2D eigenvalue weighted by molar-refractivity contribution is 7.92. The van der Waals surface area contributed by atoms with E-state index in [0.29, 0.717) is 23.7 Å². The molecule has 1 fully saturated rings. The maximum Gasteiger partial charge on any atom is 0.273 e. The Hall–Kier alpha value is -2.65. The number of carbonyl (C=O) groups is 1. The normalized spacial score (nSPS) is 14.1. The summed E-state index contributed by atoms with van der Waals surface area (Å²) in [6.07, 6.45) is 1.78. The Morgan fingerprint density at radius 3 is 2.50 bits per heavy atom. The summed E-state index contributed by atoms with van der Waals surface area (Å²) < 4.78 is 27.9. The first-order valence-corrected chi connectivity index (χ1v) is 10.4. The van der Waals surface area contributed by atoms with Gasteiger partial charge in [-0.3, -0.25) is 19.6 Å². The minimum Gasteiger partial charge on any atom is -0.339 e. The molecule has 3 rings (SSSR count). The van der Waals surface area contributed by atoms with Gasteiger partial charge in [0.25, 0.3) is 21.6 Å². The van der Waals surface area contributed by atoms with E-state index < -0.39 is 14.9 Å². The number of aryl methyl sites for hydroxylation is 1. The monoisotopic (exact) mass is 423 g/mol. The van der Waals surface area contributed by atoms with E-state index in [1.165, 1.54) is 37.3 Å². The lowest BCUT2D eigenvalue weighted by molar-refractivity contribution is -0.385. The van der Waals surface area contributed by atoms with Crippen molar-refractivity contribution in [1.29, 1.82) is 0 Å². The number of hydrogen-bond acceptors (Lipinski definition) is 5. The van der Waals surface area contributed by atoms with Crippen LogP contribution in [0.2, 0.25) is 5.02 Å². The van der Waals surface area contributed by atoms with E-state index in [4.69, 9.17) is 11.6 Å². The first-order chi connectivity index (χ1) is 13.2. The van der Waals surface area contributed by atoms with Crippen molar-refractivity contribution in [3.05, 3.63) is 62.7 Å². The number of nitro benzene ring substituents is 1. The van der Waals surface area contributed by atoms with Crippen LogP contribution in [0.15, 0.2) is 41.3 Å². The molecule has 0 unspecified atom stereocenters. The number of nitro groups is 1. The van der Waals surface area contributed by atoms with E-state index in [1.54, 1.807) is 4.90 Å². The van der Waals surface area contributed by atoms with Crippen LogP contribution in [0.3, 0.4) is 0 Å². The molecular weight excluding hydrogens is 406 g/mol. The lowest BCUT2D eigenvalue weighted by Gasteiger charge is -2.18. The quantitative estimate of drug-likeness (QED) is 0.583. The largest absolute Gasteiger partial charge is 0.339 e. The van der Waals surface area contributed by atoms with E-state index in [9.17, 15) is 23.3 Å². The Balaban J connectivity index is 1.98. The molecule has 2 aromatic rings. The van der Waals surface area contributed by atoms with Crippen molar-refractivity contribution < 1.29 is 18.1 Å². The van der Waals surface area contributed by atoms with Crippen molar-refractivity contribution in [1.82, 2.24) is 4.90 Å². The van der Waals surface area contributed by atoms with Crippen LogP contribution in [0.4, 0.5) is 11.4 Å². The fourth-order valence-corrected chi connectivity index (χ4v) is 4.30. The second-order valence-corrected chi connectivity index (χ2v) is 8.62. The maximum absolute atomic E-state index is 12.8. The standard InChI is InChI=1S/C18H18ClN3O5S/c1-12-4-6-14(11-17(12)22(24)25)28(26,27)20-16-7-5-13(19)10-15(16)18(23)21-8-2-3-9-21/h4-7,10-11,20H,2-3,8-9H2,1H3. The van der Waals surface area contributed by atoms with Gasteiger partial charge < -0.3 is 4.90 Å². The zero-order chi connectivity index (χ0) is 20.5. The lowest BCUT2D eigenvalue weighted by Crippen LogP contribution is -2.29. The fraction of sp³-hybridized carbons (Fsp3) is 0.278. The van der Waals surface area contributed by atoms with Gasteiger partial charge in [-0.25, -0.2) is 8.42 Å². The Labute approximate surface area is 167 Å². The molecule has 1 amide bonds. The summed E-state index contributed by atoms with van der Waals surface area (Å²) >= 11 is 6.01. The first-order valence-electron chi connectivity index (χ1n) is 8.56. The number of nitrogens with one attached hydrogen (secondary N) is 1. The minimum absolute atomic E-state index is 0.0736. The summed E-state index contributed by atoms with van der Waals surface area (Å²) in [7, 11) is -4.15. The third-order valence-electron chi connectivity index (χ3n) is 4.54. The molecule has 1 aliphatic rings. The van der Waals surface area contributed by atoms with Crippen LogP contribution >= 0.6 is 11.6 Å². The van der Waals surface area contributed by atoms with E-state index in [1.807, 2.05) is 0 Å². The second-order valence-electron chi connectivity index (χ2n) is 6.50. The summed E-state index contributed by atoms with van der Waals surface area (Å²) in [4.78, 5) is 24.6. The average Bonchev–Trinajstić information content (AvgIpc) is 3.17. The molecule has 28 heavy (non-hydrogen) atoms. The molecule has 0 aromatic heterocycles. The highest BCUT2D eigenvalue weighted by Gasteiger charge is 2.25. The number of likely N-dealkylation sites (tertiary alicyclic amines) is 1. The van der Waals surface area contributed by atoms with Crippen LogP contribution in [-0.4, -0.2) is 37.2 Å². The SMILES string of the molecule is Cc1ccc(S(=O)(=O)Nc2ccc(Cl)cc2C(=O)N2CCCC2)cc1[N+](=O)[O-]. The fourth-order valence-electron chi connectivity index (χ4n) is 3.03. The number of hydrogen-bond donors (Lipinski definition) is 1. The van der Waals surface area contributed by atoms with E-state index in [-0.39, 0.29) is 27.7 Å². The van der Waals surface area contributed by atoms with Gasteiger partial charge in [0, 0.05) is 29.7 Å². The first kappa shape index (κ1) is 20.1. The Kier molecular flexibility index (Phi) is 5.57. The van der Waals surface area contributed by atoms with Crippen LogP contribution in [0.1, 0.15) is 28.8 Å². The van der Waals surface area contributed by atoms with Gasteiger partial charge in [0.1, 0.15) is 0 Å². The van der Waals surface area contributed by atoms with Crippen molar-refractivity contribution in [2.45, 2.75) is 24.7 Å². The van der Waals surface area contributed by atoms with Gasteiger partial charge >= 0.3 is 0 Å². The molecule has 10 heteroatoms. The van der Waals surface area contributed by atoms with Crippen LogP contribution in [0.5, 0.6) is 0 Å². The molecule has 0 radical (unpaired) electrons. The van der Waals surface area contributed by atoms with Crippen molar-refractivity contribution in [3.63, 3.8) is 0 Å². The summed E-state index contributed by atoms with van der Waals surface area (Å²) in [5, 5.41) is 11.4. The summed E-state index contributed by atoms with van der Waals surface area (Å²) in [6.45, 7) is 2.72. The Morgan fingerprint density at radius 2 is 1.86 bits per heavy atom. The van der Waals surface area contributed by atoms with Gasteiger partial charge in [-0.2, -0.15) is 0 Å². The number of sulfonamides is 1. The zero-order valence-corrected chi connectivity index (χ0v) is 16.6. The molecule has 0 atom stereocenters. The Bertz CT molecular complexity index is 1050. The molecular formula is C18H18ClN3O5S. The van der Waals surface area contributed by atoms with Gasteiger partial charge in [0.15, 0.2) is 0 Å². The number of nitrogens with zero attached hydrogens (tertiary/aromatic N) is 2. The predicted molar refractivity (Wildman–Crippen MR) is 105 cm³/mol. The highest BCUT2D eigenvalue weighted by atomic mass is 35.5. The van der Waals surface area contributed by atoms with E-state index in [2.05, 4.69) is 4.72 Å². The third-order valence-corrected chi connectivity index (χ3v) is 6.14. The maximum atomic E-state index is 12.8. The Morgan fingerprint density at radius 1 is 1.18 bits per heavy atom. The van der Waals surface area contributed by atoms with Gasteiger partial charge in [-0.1, -0.05) is 17.7 Å². The van der Waals surface area contributed by atoms with Gasteiger partial charge in [-0.05, 0) is 44.0 Å². The number of benzene rings is 2. The minimum atomic E-state index is -4.15. The third kappa shape index (κ3) is 4.10. The van der Waals surface area contributed by atoms with Crippen LogP contribution in [0.25, 0.3) is 0 Å². The summed E-state index contributed by atoms with van der Waals surface area (Å²) in [6, 6.07) is 7.93. The topological polar surface area (TPSA) is 110 Å². The number of halogens is 1. The molecule has 1 N–H and O–H groups in total. The number of rotatable bonds is 5. The van der Waals surface area contributed by atoms with Crippen molar-refractivity contribution >= 4 is 38.9 Å². The molecule has 1 saturated heterocycles.